The molecule has 0 radical (unpaired) electrons. The number of ether oxygens (including phenoxy) is 2. The van der Waals surface area contributed by atoms with Crippen molar-refractivity contribution < 1.29 is 36.9 Å². The zero-order valence-electron chi connectivity index (χ0n) is 21.1. The highest BCUT2D eigenvalue weighted by molar-refractivity contribution is 5.84. The van der Waals surface area contributed by atoms with E-state index in [4.69, 9.17) is 9.47 Å². The van der Waals surface area contributed by atoms with Crippen molar-refractivity contribution >= 4 is 16.9 Å². The first-order valence-corrected chi connectivity index (χ1v) is 12.5. The van der Waals surface area contributed by atoms with Gasteiger partial charge in [0.05, 0.1) is 18.0 Å². The molecule has 4 rings (SSSR count). The number of likely N-dealkylation sites (tertiary alicyclic amines) is 1. The number of carboxylic acids is 1. The minimum Gasteiger partial charge on any atom is -0.497 e. The van der Waals surface area contributed by atoms with Gasteiger partial charge in [0, 0.05) is 35.8 Å². The van der Waals surface area contributed by atoms with Crippen molar-refractivity contribution in [3.8, 4) is 11.5 Å². The standard InChI is InChI=1S/C28H30F4N2O4/c1-37-20-4-5-24-22(15-20)21(18(16-29)17-33-24)3-2-6-28(27(35)36)7-9-34(10-8-28)11-12-38-25-14-19(30)13-23(31)26(25)32/h4-5,13-15,17H,2-3,6-12,16H2,1H3,(H,35,36). The Bertz CT molecular complexity index is 1290. The highest BCUT2D eigenvalue weighted by Crippen LogP contribution is 2.38. The normalized spacial score (nSPS) is 15.5. The Morgan fingerprint density at radius 2 is 1.92 bits per heavy atom. The number of aromatic nitrogens is 1. The summed E-state index contributed by atoms with van der Waals surface area (Å²) < 4.78 is 64.8. The van der Waals surface area contributed by atoms with Crippen molar-refractivity contribution in [1.82, 2.24) is 9.88 Å². The molecule has 3 aromatic rings. The van der Waals surface area contributed by atoms with Crippen LogP contribution < -0.4 is 9.47 Å². The zero-order valence-corrected chi connectivity index (χ0v) is 21.1. The lowest BCUT2D eigenvalue weighted by molar-refractivity contribution is -0.152. The number of hydrogen-bond acceptors (Lipinski definition) is 5. The van der Waals surface area contributed by atoms with E-state index in [9.17, 15) is 27.5 Å². The molecule has 1 aromatic heterocycles. The molecule has 0 saturated carbocycles. The van der Waals surface area contributed by atoms with Gasteiger partial charge in [0.2, 0.25) is 5.82 Å². The number of carboxylic acid groups (broad SMARTS) is 1. The van der Waals surface area contributed by atoms with Gasteiger partial charge in [-0.25, -0.2) is 13.2 Å². The van der Waals surface area contributed by atoms with Gasteiger partial charge in [0.1, 0.15) is 24.8 Å². The molecule has 10 heteroatoms. The zero-order chi connectivity index (χ0) is 27.3. The Morgan fingerprint density at radius 3 is 2.61 bits per heavy atom. The molecule has 1 fully saturated rings. The third-order valence-electron chi connectivity index (χ3n) is 7.39. The number of rotatable bonds is 11. The number of carbonyl (C=O) groups is 1. The predicted molar refractivity (Wildman–Crippen MR) is 134 cm³/mol. The molecular formula is C28H30F4N2O4. The minimum absolute atomic E-state index is 0.00444. The van der Waals surface area contributed by atoms with Gasteiger partial charge in [-0.05, 0) is 69.0 Å². The number of piperidine rings is 1. The van der Waals surface area contributed by atoms with Crippen LogP contribution in [0.4, 0.5) is 17.6 Å². The van der Waals surface area contributed by atoms with E-state index in [1.165, 1.54) is 6.20 Å². The van der Waals surface area contributed by atoms with Crippen LogP contribution >= 0.6 is 0 Å². The quantitative estimate of drug-likeness (QED) is 0.252. The summed E-state index contributed by atoms with van der Waals surface area (Å²) in [5.74, 6) is -4.21. The lowest BCUT2D eigenvalue weighted by atomic mass is 9.74. The average molecular weight is 535 g/mol. The van der Waals surface area contributed by atoms with Gasteiger partial charge in [-0.15, -0.1) is 0 Å². The maximum atomic E-state index is 13.8. The van der Waals surface area contributed by atoms with E-state index in [0.717, 1.165) is 22.5 Å². The van der Waals surface area contributed by atoms with Crippen molar-refractivity contribution in [1.29, 1.82) is 0 Å². The fourth-order valence-electron chi connectivity index (χ4n) is 5.11. The Balaban J connectivity index is 1.35. The van der Waals surface area contributed by atoms with Gasteiger partial charge in [-0.2, -0.15) is 4.39 Å². The summed E-state index contributed by atoms with van der Waals surface area (Å²) in [6.45, 7) is 0.673. The van der Waals surface area contributed by atoms with Gasteiger partial charge < -0.3 is 14.6 Å². The maximum Gasteiger partial charge on any atom is 0.309 e. The van der Waals surface area contributed by atoms with Crippen LogP contribution in [-0.4, -0.2) is 54.3 Å². The summed E-state index contributed by atoms with van der Waals surface area (Å²) in [6.07, 6.45) is 3.84. The van der Waals surface area contributed by atoms with Gasteiger partial charge in [-0.3, -0.25) is 14.7 Å². The second kappa shape index (κ2) is 12.0. The molecule has 2 heterocycles. The Morgan fingerprint density at radius 1 is 1.16 bits per heavy atom. The summed E-state index contributed by atoms with van der Waals surface area (Å²) in [7, 11) is 1.56. The number of alkyl halides is 1. The third-order valence-corrected chi connectivity index (χ3v) is 7.39. The van der Waals surface area contributed by atoms with Crippen molar-refractivity contribution in [3.63, 3.8) is 0 Å². The minimum atomic E-state index is -1.32. The van der Waals surface area contributed by atoms with E-state index in [1.807, 2.05) is 17.0 Å². The molecule has 0 bridgehead atoms. The number of aliphatic carboxylic acids is 1. The Hall–Kier alpha value is -3.40. The number of pyridine rings is 1. The van der Waals surface area contributed by atoms with Gasteiger partial charge in [-0.1, -0.05) is 0 Å². The van der Waals surface area contributed by atoms with E-state index >= 15 is 0 Å². The summed E-state index contributed by atoms with van der Waals surface area (Å²) in [5, 5.41) is 10.9. The Labute approximate surface area is 218 Å². The van der Waals surface area contributed by atoms with E-state index in [2.05, 4.69) is 4.98 Å². The molecule has 1 saturated heterocycles. The number of aryl methyl sites for hydroxylation is 1. The van der Waals surface area contributed by atoms with Crippen LogP contribution in [0.3, 0.4) is 0 Å². The van der Waals surface area contributed by atoms with Gasteiger partial charge >= 0.3 is 5.97 Å². The SMILES string of the molecule is COc1ccc2ncc(CF)c(CCCC3(C(=O)O)CCN(CCOc4cc(F)cc(F)c4F)CC3)c2c1. The largest absolute Gasteiger partial charge is 0.497 e. The van der Waals surface area contributed by atoms with Crippen LogP contribution in [0.1, 0.15) is 36.8 Å². The molecule has 1 N–H and O–H groups in total. The highest BCUT2D eigenvalue weighted by atomic mass is 19.2. The van der Waals surface area contributed by atoms with Crippen molar-refractivity contribution in [2.75, 3.05) is 33.4 Å². The fourth-order valence-corrected chi connectivity index (χ4v) is 5.11. The fraction of sp³-hybridized carbons (Fsp3) is 0.429. The molecule has 0 atom stereocenters. The summed E-state index contributed by atoms with van der Waals surface area (Å²) in [5.41, 5.74) is 1.11. The first-order chi connectivity index (χ1) is 18.3. The molecule has 38 heavy (non-hydrogen) atoms. The number of hydrogen-bond donors (Lipinski definition) is 1. The number of halogens is 4. The lowest BCUT2D eigenvalue weighted by Gasteiger charge is -2.39. The van der Waals surface area contributed by atoms with Gasteiger partial charge in [0.25, 0.3) is 0 Å². The van der Waals surface area contributed by atoms with Crippen LogP contribution in [0.2, 0.25) is 0 Å². The summed E-state index contributed by atoms with van der Waals surface area (Å²) >= 11 is 0. The number of methoxy groups -OCH3 is 1. The molecule has 1 aliphatic heterocycles. The Kier molecular flexibility index (Phi) is 8.71. The van der Waals surface area contributed by atoms with Crippen LogP contribution in [0.5, 0.6) is 11.5 Å². The summed E-state index contributed by atoms with van der Waals surface area (Å²) in [6, 6.07) is 6.68. The van der Waals surface area contributed by atoms with E-state index in [0.29, 0.717) is 69.1 Å². The van der Waals surface area contributed by atoms with Crippen molar-refractivity contribution in [2.45, 2.75) is 38.8 Å². The smallest absolute Gasteiger partial charge is 0.309 e. The van der Waals surface area contributed by atoms with Crippen molar-refractivity contribution in [3.05, 3.63) is 65.1 Å². The first kappa shape index (κ1) is 27.6. The van der Waals surface area contributed by atoms with Crippen molar-refractivity contribution in [2.24, 2.45) is 5.41 Å². The monoisotopic (exact) mass is 534 g/mol. The molecule has 2 aromatic carbocycles. The predicted octanol–water partition coefficient (Wildman–Crippen LogP) is 5.70. The summed E-state index contributed by atoms with van der Waals surface area (Å²) in [4.78, 5) is 18.6. The molecular weight excluding hydrogens is 504 g/mol. The molecule has 1 aliphatic rings. The number of nitrogens with zero attached hydrogens (tertiary/aromatic N) is 2. The van der Waals surface area contributed by atoms with Gasteiger partial charge in [0.15, 0.2) is 11.6 Å². The van der Waals surface area contributed by atoms with Crippen LogP contribution in [-0.2, 0) is 17.9 Å². The highest BCUT2D eigenvalue weighted by Gasteiger charge is 2.40. The lowest BCUT2D eigenvalue weighted by Crippen LogP contribution is -2.45. The molecule has 0 amide bonds. The maximum absolute atomic E-state index is 13.8. The van der Waals surface area contributed by atoms with E-state index < -0.39 is 41.3 Å². The van der Waals surface area contributed by atoms with E-state index in [1.54, 1.807) is 13.2 Å². The second-order valence-electron chi connectivity index (χ2n) is 9.61. The molecule has 0 unspecified atom stereocenters. The van der Waals surface area contributed by atoms with Crippen LogP contribution in [0, 0.1) is 22.9 Å². The van der Waals surface area contributed by atoms with E-state index in [-0.39, 0.29) is 6.61 Å². The number of fused-ring (bicyclic) bond motifs is 1. The molecule has 204 valence electrons. The number of benzene rings is 2. The third kappa shape index (κ3) is 6.01. The molecule has 0 spiro atoms. The molecule has 6 nitrogen and oxygen atoms in total. The topological polar surface area (TPSA) is 71.9 Å². The molecule has 0 aliphatic carbocycles. The average Bonchev–Trinajstić information content (AvgIpc) is 2.91. The second-order valence-corrected chi connectivity index (χ2v) is 9.61. The first-order valence-electron chi connectivity index (χ1n) is 12.5. The van der Waals surface area contributed by atoms with Crippen LogP contribution in [0.25, 0.3) is 10.9 Å². The van der Waals surface area contributed by atoms with Crippen LogP contribution in [0.15, 0.2) is 36.5 Å².